The van der Waals surface area contributed by atoms with Gasteiger partial charge in [0.1, 0.15) is 11.8 Å². The summed E-state index contributed by atoms with van der Waals surface area (Å²) in [5, 5.41) is 11.6. The van der Waals surface area contributed by atoms with E-state index >= 15 is 0 Å². The second-order valence-corrected chi connectivity index (χ2v) is 4.29. The highest BCUT2D eigenvalue weighted by Gasteiger charge is 2.16. The number of nitrogens with zero attached hydrogens (tertiary/aromatic N) is 1. The lowest BCUT2D eigenvalue weighted by Crippen LogP contribution is -2.17. The number of hydrogen-bond acceptors (Lipinski definition) is 4. The summed E-state index contributed by atoms with van der Waals surface area (Å²) in [5.74, 6) is -0.159. The predicted molar refractivity (Wildman–Crippen MR) is 73.6 cm³/mol. The third-order valence-electron chi connectivity index (χ3n) is 2.86. The van der Waals surface area contributed by atoms with Crippen LogP contribution in [0.25, 0.3) is 0 Å². The molecule has 0 radical (unpaired) electrons. The molecular weight excluding hydrogens is 256 g/mol. The van der Waals surface area contributed by atoms with Crippen LogP contribution >= 0.6 is 0 Å². The number of aryl methyl sites for hydroxylation is 2. The lowest BCUT2D eigenvalue weighted by atomic mass is 10.1. The fourth-order valence-corrected chi connectivity index (χ4v) is 1.97. The Kier molecular flexibility index (Phi) is 3.67. The number of para-hydroxylation sites is 1. The molecule has 1 amide bonds. The van der Waals surface area contributed by atoms with Crippen molar-refractivity contribution in [3.63, 3.8) is 0 Å². The number of amides is 1. The topological polar surface area (TPSA) is 83.1 Å². The summed E-state index contributed by atoms with van der Waals surface area (Å²) in [4.78, 5) is 23.5. The summed E-state index contributed by atoms with van der Waals surface area (Å²) in [6.07, 6.45) is 0. The molecule has 0 spiro atoms. The van der Waals surface area contributed by atoms with Gasteiger partial charge in [0, 0.05) is 6.07 Å². The zero-order chi connectivity index (χ0) is 14.7. The number of benzene rings is 1. The smallest absolute Gasteiger partial charge is 0.336 e. The molecule has 1 aromatic heterocycles. The summed E-state index contributed by atoms with van der Waals surface area (Å²) in [6.45, 7) is 3.22. The number of rotatable bonds is 2. The van der Waals surface area contributed by atoms with Crippen molar-refractivity contribution in [2.75, 3.05) is 5.32 Å². The van der Waals surface area contributed by atoms with Crippen molar-refractivity contribution < 1.29 is 9.21 Å². The summed E-state index contributed by atoms with van der Waals surface area (Å²) in [5.41, 5.74) is 1.13. The number of anilines is 1. The molecule has 0 saturated heterocycles. The van der Waals surface area contributed by atoms with Crippen LogP contribution in [0.2, 0.25) is 0 Å². The van der Waals surface area contributed by atoms with E-state index in [9.17, 15) is 9.59 Å². The van der Waals surface area contributed by atoms with Crippen LogP contribution < -0.4 is 10.9 Å². The normalized spacial score (nSPS) is 9.85. The quantitative estimate of drug-likeness (QED) is 0.906. The first-order valence-corrected chi connectivity index (χ1v) is 5.94. The Morgan fingerprint density at radius 3 is 2.65 bits per heavy atom. The Hall–Kier alpha value is -2.87. The Bertz CT molecular complexity index is 743. The van der Waals surface area contributed by atoms with Gasteiger partial charge in [0.05, 0.1) is 16.8 Å². The number of carbonyl (C=O) groups is 1. The maximum atomic E-state index is 12.3. The molecule has 0 bridgehead atoms. The van der Waals surface area contributed by atoms with E-state index in [0.717, 1.165) is 0 Å². The third-order valence-corrected chi connectivity index (χ3v) is 2.86. The van der Waals surface area contributed by atoms with E-state index in [-0.39, 0.29) is 5.76 Å². The Labute approximate surface area is 115 Å². The van der Waals surface area contributed by atoms with Gasteiger partial charge in [-0.2, -0.15) is 5.26 Å². The summed E-state index contributed by atoms with van der Waals surface area (Å²) in [7, 11) is 0. The van der Waals surface area contributed by atoms with E-state index in [2.05, 4.69) is 5.32 Å². The maximum Gasteiger partial charge on any atom is 0.336 e. The van der Waals surface area contributed by atoms with Crippen molar-refractivity contribution in [2.45, 2.75) is 13.8 Å². The van der Waals surface area contributed by atoms with E-state index in [1.165, 1.54) is 6.07 Å². The molecule has 1 aromatic carbocycles. The average molecular weight is 268 g/mol. The summed E-state index contributed by atoms with van der Waals surface area (Å²) < 4.78 is 4.92. The standard InChI is InChI=1S/C15H12N2O3/c1-9-7-13(18)20-10(2)14(9)15(19)17-12-6-4-3-5-11(12)8-16/h3-7H,1-2H3,(H,17,19). The van der Waals surface area contributed by atoms with Crippen molar-refractivity contribution in [1.29, 1.82) is 5.26 Å². The molecule has 2 aromatic rings. The zero-order valence-corrected chi connectivity index (χ0v) is 11.1. The Morgan fingerprint density at radius 2 is 2.00 bits per heavy atom. The first-order valence-electron chi connectivity index (χ1n) is 5.94. The van der Waals surface area contributed by atoms with Crippen LogP contribution in [-0.4, -0.2) is 5.91 Å². The minimum absolute atomic E-state index is 0.252. The molecule has 1 heterocycles. The highest BCUT2D eigenvalue weighted by atomic mass is 16.4. The summed E-state index contributed by atoms with van der Waals surface area (Å²) in [6, 6.07) is 9.95. The highest BCUT2D eigenvalue weighted by molar-refractivity contribution is 6.06. The molecular formula is C15H12N2O3. The molecule has 0 unspecified atom stereocenters. The van der Waals surface area contributed by atoms with Crippen LogP contribution in [0.15, 0.2) is 39.5 Å². The van der Waals surface area contributed by atoms with Crippen molar-refractivity contribution in [3.8, 4) is 6.07 Å². The van der Waals surface area contributed by atoms with Crippen LogP contribution in [0.1, 0.15) is 27.2 Å². The van der Waals surface area contributed by atoms with Crippen molar-refractivity contribution in [3.05, 3.63) is 63.2 Å². The van der Waals surface area contributed by atoms with Gasteiger partial charge in [-0.15, -0.1) is 0 Å². The molecule has 0 fully saturated rings. The Balaban J connectivity index is 2.39. The molecule has 100 valence electrons. The van der Waals surface area contributed by atoms with Crippen molar-refractivity contribution in [2.24, 2.45) is 0 Å². The van der Waals surface area contributed by atoms with Gasteiger partial charge in [0.25, 0.3) is 5.91 Å². The van der Waals surface area contributed by atoms with Crippen molar-refractivity contribution >= 4 is 11.6 Å². The molecule has 0 atom stereocenters. The molecule has 2 rings (SSSR count). The van der Waals surface area contributed by atoms with E-state index in [1.807, 2.05) is 6.07 Å². The first-order chi connectivity index (χ1) is 9.52. The molecule has 0 aliphatic carbocycles. The number of nitrogens with one attached hydrogen (secondary N) is 1. The molecule has 1 N–H and O–H groups in total. The van der Waals surface area contributed by atoms with Gasteiger partial charge in [0.2, 0.25) is 0 Å². The SMILES string of the molecule is Cc1cc(=O)oc(C)c1C(=O)Nc1ccccc1C#N. The van der Waals surface area contributed by atoms with E-state index in [0.29, 0.717) is 22.4 Å². The predicted octanol–water partition coefficient (Wildman–Crippen LogP) is 2.38. The maximum absolute atomic E-state index is 12.3. The van der Waals surface area contributed by atoms with Gasteiger partial charge in [-0.25, -0.2) is 4.79 Å². The van der Waals surface area contributed by atoms with Gasteiger partial charge >= 0.3 is 5.63 Å². The molecule has 5 nitrogen and oxygen atoms in total. The number of nitriles is 1. The minimum Gasteiger partial charge on any atom is -0.427 e. The van der Waals surface area contributed by atoms with Crippen LogP contribution in [-0.2, 0) is 0 Å². The summed E-state index contributed by atoms with van der Waals surface area (Å²) >= 11 is 0. The highest BCUT2D eigenvalue weighted by Crippen LogP contribution is 2.17. The van der Waals surface area contributed by atoms with Gasteiger partial charge in [-0.05, 0) is 31.5 Å². The van der Waals surface area contributed by atoms with Crippen LogP contribution in [0, 0.1) is 25.2 Å². The fraction of sp³-hybridized carbons (Fsp3) is 0.133. The second kappa shape index (κ2) is 5.41. The largest absolute Gasteiger partial charge is 0.427 e. The third kappa shape index (κ3) is 2.59. The van der Waals surface area contributed by atoms with Crippen LogP contribution in [0.5, 0.6) is 0 Å². The van der Waals surface area contributed by atoms with E-state index in [4.69, 9.17) is 9.68 Å². The molecule has 0 aliphatic rings. The van der Waals surface area contributed by atoms with Crippen LogP contribution in [0.4, 0.5) is 5.69 Å². The second-order valence-electron chi connectivity index (χ2n) is 4.29. The monoisotopic (exact) mass is 268 g/mol. The molecule has 0 aliphatic heterocycles. The lowest BCUT2D eigenvalue weighted by molar-refractivity contribution is 0.102. The first kappa shape index (κ1) is 13.6. The van der Waals surface area contributed by atoms with Crippen molar-refractivity contribution in [1.82, 2.24) is 0 Å². The zero-order valence-electron chi connectivity index (χ0n) is 11.1. The Morgan fingerprint density at radius 1 is 1.30 bits per heavy atom. The van der Waals surface area contributed by atoms with Gasteiger partial charge in [-0.1, -0.05) is 12.1 Å². The fourth-order valence-electron chi connectivity index (χ4n) is 1.97. The lowest BCUT2D eigenvalue weighted by Gasteiger charge is -2.10. The van der Waals surface area contributed by atoms with Crippen LogP contribution in [0.3, 0.4) is 0 Å². The number of carbonyl (C=O) groups excluding carboxylic acids is 1. The van der Waals surface area contributed by atoms with Gasteiger partial charge in [-0.3, -0.25) is 4.79 Å². The minimum atomic E-state index is -0.492. The van der Waals surface area contributed by atoms with E-state index in [1.54, 1.807) is 38.1 Å². The number of hydrogen-bond donors (Lipinski definition) is 1. The molecule has 0 saturated carbocycles. The molecule has 5 heteroatoms. The van der Waals surface area contributed by atoms with Gasteiger partial charge < -0.3 is 9.73 Å². The van der Waals surface area contributed by atoms with Gasteiger partial charge in [0.15, 0.2) is 0 Å². The average Bonchev–Trinajstić information content (AvgIpc) is 2.38. The molecule has 20 heavy (non-hydrogen) atoms. The van der Waals surface area contributed by atoms with E-state index < -0.39 is 11.5 Å².